The van der Waals surface area contributed by atoms with Crippen molar-refractivity contribution in [1.82, 2.24) is 9.13 Å². The Morgan fingerprint density at radius 2 is 1.95 bits per heavy atom. The molecule has 2 aromatic heterocycles. The highest BCUT2D eigenvalue weighted by molar-refractivity contribution is 7.09. The molecule has 6 heteroatoms. The van der Waals surface area contributed by atoms with E-state index in [1.165, 1.54) is 17.4 Å². The summed E-state index contributed by atoms with van der Waals surface area (Å²) in [5, 5.41) is 0. The molecule has 2 N–H and O–H groups in total. The molecule has 102 valence electrons. The molecular weight excluding hydrogens is 262 g/mol. The monoisotopic (exact) mass is 279 g/mol. The Hall–Kier alpha value is -1.82. The van der Waals surface area contributed by atoms with Crippen molar-refractivity contribution < 1.29 is 0 Å². The third kappa shape index (κ3) is 2.96. The summed E-state index contributed by atoms with van der Waals surface area (Å²) in [5.74, 6) is 0. The maximum absolute atomic E-state index is 11.7. The Labute approximate surface area is 114 Å². The van der Waals surface area contributed by atoms with Gasteiger partial charge in [0.25, 0.3) is 5.56 Å². The molecule has 0 aliphatic rings. The molecule has 5 nitrogen and oxygen atoms in total. The molecule has 0 aliphatic carbocycles. The van der Waals surface area contributed by atoms with E-state index in [1.807, 2.05) is 13.8 Å². The highest BCUT2D eigenvalue weighted by Gasteiger charge is 2.07. The second-order valence-corrected chi connectivity index (χ2v) is 5.67. The number of nitrogens with zero attached hydrogens (tertiary/aromatic N) is 2. The van der Waals surface area contributed by atoms with Crippen LogP contribution in [0.1, 0.15) is 17.0 Å². The number of anilines is 1. The Morgan fingerprint density at radius 1 is 1.21 bits per heavy atom. The van der Waals surface area contributed by atoms with Crippen molar-refractivity contribution >= 4 is 17.0 Å². The van der Waals surface area contributed by atoms with Crippen molar-refractivity contribution in [2.24, 2.45) is 0 Å². The summed E-state index contributed by atoms with van der Waals surface area (Å²) in [6, 6.07) is 3.05. The van der Waals surface area contributed by atoms with Gasteiger partial charge >= 0.3 is 4.87 Å². The first-order valence-corrected chi connectivity index (χ1v) is 6.93. The first-order valence-electron chi connectivity index (χ1n) is 6.12. The standard InChI is InChI=1S/C13H17N3O2S/c1-9-10(2)19-13(18)16(9)7-3-6-15-8-11(14)4-5-12(15)17/h4-5,8H,3,6-7,14H2,1-2H3. The Bertz CT molecular complexity index is 697. The topological polar surface area (TPSA) is 70.0 Å². The SMILES string of the molecule is Cc1sc(=O)n(CCCn2cc(N)ccc2=O)c1C. The van der Waals surface area contributed by atoms with Gasteiger partial charge in [-0.2, -0.15) is 0 Å². The number of hydrogen-bond acceptors (Lipinski definition) is 4. The lowest BCUT2D eigenvalue weighted by atomic mass is 10.3. The van der Waals surface area contributed by atoms with Crippen LogP contribution in [0.15, 0.2) is 27.9 Å². The van der Waals surface area contributed by atoms with Crippen LogP contribution in [0.2, 0.25) is 0 Å². The number of nitrogens with two attached hydrogens (primary N) is 1. The summed E-state index contributed by atoms with van der Waals surface area (Å²) in [4.78, 5) is 24.4. The number of rotatable bonds is 4. The highest BCUT2D eigenvalue weighted by Crippen LogP contribution is 2.10. The number of aromatic nitrogens is 2. The van der Waals surface area contributed by atoms with Crippen molar-refractivity contribution in [3.05, 3.63) is 48.9 Å². The van der Waals surface area contributed by atoms with E-state index >= 15 is 0 Å². The van der Waals surface area contributed by atoms with Crippen molar-refractivity contribution in [2.45, 2.75) is 33.4 Å². The number of hydrogen-bond donors (Lipinski definition) is 1. The summed E-state index contributed by atoms with van der Waals surface area (Å²) in [6.07, 6.45) is 2.36. The van der Waals surface area contributed by atoms with Crippen molar-refractivity contribution in [3.8, 4) is 0 Å². The minimum Gasteiger partial charge on any atom is -0.398 e. The van der Waals surface area contributed by atoms with Gasteiger partial charge in [0, 0.05) is 41.6 Å². The molecule has 2 aromatic rings. The Morgan fingerprint density at radius 3 is 2.58 bits per heavy atom. The van der Waals surface area contributed by atoms with Gasteiger partial charge in [-0.3, -0.25) is 9.59 Å². The Kier molecular flexibility index (Phi) is 3.90. The van der Waals surface area contributed by atoms with Crippen LogP contribution in [0.3, 0.4) is 0 Å². The zero-order chi connectivity index (χ0) is 14.0. The second-order valence-electron chi connectivity index (χ2n) is 4.51. The van der Waals surface area contributed by atoms with Gasteiger partial charge in [-0.1, -0.05) is 11.3 Å². The highest BCUT2D eigenvalue weighted by atomic mass is 32.1. The summed E-state index contributed by atoms with van der Waals surface area (Å²) in [7, 11) is 0. The summed E-state index contributed by atoms with van der Waals surface area (Å²) >= 11 is 1.27. The molecule has 0 aliphatic heterocycles. The van der Waals surface area contributed by atoms with Gasteiger partial charge in [0.2, 0.25) is 0 Å². The molecule has 0 amide bonds. The summed E-state index contributed by atoms with van der Waals surface area (Å²) < 4.78 is 3.34. The van der Waals surface area contributed by atoms with Gasteiger partial charge in [0.1, 0.15) is 0 Å². The quantitative estimate of drug-likeness (QED) is 0.918. The minimum atomic E-state index is -0.0697. The Balaban J connectivity index is 2.06. The fraction of sp³-hybridized carbons (Fsp3) is 0.385. The van der Waals surface area contributed by atoms with E-state index in [0.717, 1.165) is 17.0 Å². The van der Waals surface area contributed by atoms with Gasteiger partial charge in [0.05, 0.1) is 0 Å². The molecular formula is C13H17N3O2S. The van der Waals surface area contributed by atoms with Crippen LogP contribution in [0.5, 0.6) is 0 Å². The number of thiazole rings is 1. The van der Waals surface area contributed by atoms with Gasteiger partial charge < -0.3 is 14.9 Å². The smallest absolute Gasteiger partial charge is 0.307 e. The predicted octanol–water partition coefficient (Wildman–Crippen LogP) is 1.36. The normalized spacial score (nSPS) is 10.8. The van der Waals surface area contributed by atoms with Crippen LogP contribution in [0, 0.1) is 13.8 Å². The lowest BCUT2D eigenvalue weighted by molar-refractivity contribution is 0.542. The van der Waals surface area contributed by atoms with Gasteiger partial charge in [-0.25, -0.2) is 0 Å². The largest absolute Gasteiger partial charge is 0.398 e. The lowest BCUT2D eigenvalue weighted by Crippen LogP contribution is -2.21. The molecule has 0 aromatic carbocycles. The first-order chi connectivity index (χ1) is 8.99. The van der Waals surface area contributed by atoms with Crippen LogP contribution < -0.4 is 16.2 Å². The summed E-state index contributed by atoms with van der Waals surface area (Å²) in [6.45, 7) is 5.07. The molecule has 0 spiro atoms. The molecule has 0 atom stereocenters. The van der Waals surface area contributed by atoms with E-state index in [0.29, 0.717) is 18.8 Å². The van der Waals surface area contributed by atoms with Crippen LogP contribution in [0.25, 0.3) is 0 Å². The lowest BCUT2D eigenvalue weighted by Gasteiger charge is -2.08. The molecule has 0 unspecified atom stereocenters. The number of nitrogen functional groups attached to an aromatic ring is 1. The number of pyridine rings is 1. The maximum atomic E-state index is 11.7. The molecule has 0 radical (unpaired) electrons. The van der Waals surface area contributed by atoms with Gasteiger partial charge in [-0.15, -0.1) is 0 Å². The van der Waals surface area contributed by atoms with E-state index in [4.69, 9.17) is 5.73 Å². The molecule has 2 rings (SSSR count). The zero-order valence-electron chi connectivity index (χ0n) is 11.0. The van der Waals surface area contributed by atoms with E-state index in [-0.39, 0.29) is 10.4 Å². The van der Waals surface area contributed by atoms with E-state index in [9.17, 15) is 9.59 Å². The fourth-order valence-corrected chi connectivity index (χ4v) is 2.83. The van der Waals surface area contributed by atoms with Crippen molar-refractivity contribution in [1.29, 1.82) is 0 Å². The zero-order valence-corrected chi connectivity index (χ0v) is 11.9. The van der Waals surface area contributed by atoms with Gasteiger partial charge in [0.15, 0.2) is 0 Å². The second kappa shape index (κ2) is 5.44. The average Bonchev–Trinajstić information content (AvgIpc) is 2.60. The van der Waals surface area contributed by atoms with Crippen LogP contribution in [0.4, 0.5) is 5.69 Å². The molecule has 2 heterocycles. The molecule has 0 saturated carbocycles. The average molecular weight is 279 g/mol. The van der Waals surface area contributed by atoms with Crippen molar-refractivity contribution in [3.63, 3.8) is 0 Å². The van der Waals surface area contributed by atoms with E-state index in [2.05, 4.69) is 0 Å². The van der Waals surface area contributed by atoms with Crippen LogP contribution in [-0.4, -0.2) is 9.13 Å². The molecule has 0 bridgehead atoms. The number of aryl methyl sites for hydroxylation is 2. The van der Waals surface area contributed by atoms with Crippen molar-refractivity contribution in [2.75, 3.05) is 5.73 Å². The molecule has 0 saturated heterocycles. The van der Waals surface area contributed by atoms with Crippen LogP contribution in [-0.2, 0) is 13.1 Å². The minimum absolute atomic E-state index is 0.0647. The predicted molar refractivity (Wildman–Crippen MR) is 77.8 cm³/mol. The fourth-order valence-electron chi connectivity index (χ4n) is 1.97. The third-order valence-electron chi connectivity index (χ3n) is 3.16. The van der Waals surface area contributed by atoms with Crippen LogP contribution >= 0.6 is 11.3 Å². The molecule has 19 heavy (non-hydrogen) atoms. The summed E-state index contributed by atoms with van der Waals surface area (Å²) in [5.41, 5.74) is 7.16. The third-order valence-corrected chi connectivity index (χ3v) is 4.16. The van der Waals surface area contributed by atoms with E-state index < -0.39 is 0 Å². The maximum Gasteiger partial charge on any atom is 0.307 e. The molecule has 0 fully saturated rings. The first kappa shape index (κ1) is 13.6. The van der Waals surface area contributed by atoms with E-state index in [1.54, 1.807) is 21.4 Å². The van der Waals surface area contributed by atoms with Gasteiger partial charge in [-0.05, 0) is 26.3 Å².